The number of ether oxygens (including phenoxy) is 2. The molecule has 5 nitrogen and oxygen atoms in total. The molecule has 1 aromatic rings. The van der Waals surface area contributed by atoms with Crippen LogP contribution in [0.25, 0.3) is 0 Å². The van der Waals surface area contributed by atoms with Crippen molar-refractivity contribution in [2.75, 3.05) is 26.8 Å². The first-order valence-electron chi connectivity index (χ1n) is 8.14. The fourth-order valence-corrected chi connectivity index (χ4v) is 4.77. The Balaban J connectivity index is 1.84. The van der Waals surface area contributed by atoms with E-state index in [2.05, 4.69) is 0 Å². The lowest BCUT2D eigenvalue weighted by atomic mass is 10.0. The number of nitrogens with zero attached hydrogens (tertiary/aromatic N) is 1. The summed E-state index contributed by atoms with van der Waals surface area (Å²) in [7, 11) is -1.92. The van der Waals surface area contributed by atoms with Crippen LogP contribution in [0.5, 0.6) is 5.75 Å². The van der Waals surface area contributed by atoms with E-state index >= 15 is 0 Å². The van der Waals surface area contributed by atoms with E-state index in [-0.39, 0.29) is 16.4 Å². The lowest BCUT2D eigenvalue weighted by molar-refractivity contribution is 0.0495. The Hall–Kier alpha value is -1.11. The van der Waals surface area contributed by atoms with Crippen LogP contribution in [0.1, 0.15) is 32.3 Å². The molecule has 1 fully saturated rings. The molecule has 0 N–H and O–H groups in total. The Bertz CT molecular complexity index is 678. The van der Waals surface area contributed by atoms with Gasteiger partial charge in [0.05, 0.1) is 6.61 Å². The van der Waals surface area contributed by atoms with Crippen LogP contribution < -0.4 is 4.74 Å². The van der Waals surface area contributed by atoms with E-state index in [4.69, 9.17) is 9.47 Å². The number of fused-ring (bicyclic) bond motifs is 1. The minimum Gasteiger partial charge on any atom is -0.486 e. The van der Waals surface area contributed by atoms with Gasteiger partial charge in [-0.2, -0.15) is 0 Å². The molecule has 3 rings (SSSR count). The third-order valence-electron chi connectivity index (χ3n) is 4.51. The topological polar surface area (TPSA) is 55.8 Å². The zero-order valence-corrected chi connectivity index (χ0v) is 14.9. The molecule has 1 aromatic carbocycles. The lowest BCUT2D eigenvalue weighted by Gasteiger charge is -2.27. The minimum atomic E-state index is -3.56. The summed E-state index contributed by atoms with van der Waals surface area (Å²) >= 11 is 0. The second-order valence-corrected chi connectivity index (χ2v) is 9.16. The fraction of sp³-hybridized carbons (Fsp3) is 0.647. The van der Waals surface area contributed by atoms with Crippen LogP contribution >= 0.6 is 0 Å². The molecule has 2 aliphatic heterocycles. The van der Waals surface area contributed by atoms with Crippen LogP contribution in [-0.2, 0) is 21.2 Å². The minimum absolute atomic E-state index is 0.262. The quantitative estimate of drug-likeness (QED) is 0.845. The Morgan fingerprint density at radius 3 is 2.83 bits per heavy atom. The molecule has 6 heteroatoms. The van der Waals surface area contributed by atoms with Crippen molar-refractivity contribution in [3.8, 4) is 5.75 Å². The number of para-hydroxylation sites is 1. The molecule has 1 saturated heterocycles. The molecule has 1 atom stereocenters. The summed E-state index contributed by atoms with van der Waals surface area (Å²) in [6.45, 7) is 5.85. The van der Waals surface area contributed by atoms with Crippen molar-refractivity contribution in [1.82, 2.24) is 4.31 Å². The SMILES string of the molecule is CN(C[C@H]1CCCOC1)S(=O)(=O)c1cccc2c1OC(C)(C)C2. The van der Waals surface area contributed by atoms with Crippen LogP contribution in [-0.4, -0.2) is 45.1 Å². The Morgan fingerprint density at radius 1 is 1.35 bits per heavy atom. The average Bonchev–Trinajstić information content (AvgIpc) is 2.81. The molecule has 0 spiro atoms. The van der Waals surface area contributed by atoms with E-state index < -0.39 is 10.0 Å². The zero-order chi connectivity index (χ0) is 16.7. The second-order valence-electron chi connectivity index (χ2n) is 7.15. The molecule has 0 aliphatic carbocycles. The summed E-state index contributed by atoms with van der Waals surface area (Å²) in [4.78, 5) is 0.278. The molecule has 0 bridgehead atoms. The summed E-state index contributed by atoms with van der Waals surface area (Å²) in [5, 5.41) is 0. The van der Waals surface area contributed by atoms with E-state index in [9.17, 15) is 8.42 Å². The van der Waals surface area contributed by atoms with Crippen molar-refractivity contribution in [3.05, 3.63) is 23.8 Å². The molecule has 0 unspecified atom stereocenters. The largest absolute Gasteiger partial charge is 0.486 e. The number of benzene rings is 1. The van der Waals surface area contributed by atoms with Gasteiger partial charge >= 0.3 is 0 Å². The Labute approximate surface area is 138 Å². The van der Waals surface area contributed by atoms with E-state index in [1.807, 2.05) is 19.9 Å². The van der Waals surface area contributed by atoms with Gasteiger partial charge in [-0.05, 0) is 44.2 Å². The Kier molecular flexibility index (Phi) is 4.42. The summed E-state index contributed by atoms with van der Waals surface area (Å²) < 4.78 is 38.8. The van der Waals surface area contributed by atoms with Gasteiger partial charge in [0.2, 0.25) is 10.0 Å². The van der Waals surface area contributed by atoms with Gasteiger partial charge in [0, 0.05) is 26.6 Å². The summed E-state index contributed by atoms with van der Waals surface area (Å²) in [6, 6.07) is 5.38. The molecule has 128 valence electrons. The van der Waals surface area contributed by atoms with Crippen molar-refractivity contribution in [2.24, 2.45) is 5.92 Å². The van der Waals surface area contributed by atoms with Crippen molar-refractivity contribution in [3.63, 3.8) is 0 Å². The second kappa shape index (κ2) is 6.07. The van der Waals surface area contributed by atoms with Gasteiger partial charge in [0.25, 0.3) is 0 Å². The normalized spacial score (nSPS) is 23.6. The van der Waals surface area contributed by atoms with Gasteiger partial charge in [0.15, 0.2) is 0 Å². The molecular weight excluding hydrogens is 314 g/mol. The molecule has 23 heavy (non-hydrogen) atoms. The standard InChI is InChI=1S/C17H25NO4S/c1-17(2)10-14-7-4-8-15(16(14)22-17)23(19,20)18(3)11-13-6-5-9-21-12-13/h4,7-8,13H,5-6,9-12H2,1-3H3/t13-/m1/s1. The number of hydrogen-bond acceptors (Lipinski definition) is 4. The van der Waals surface area contributed by atoms with Crippen LogP contribution in [0, 0.1) is 5.92 Å². The molecular formula is C17H25NO4S. The van der Waals surface area contributed by atoms with E-state index in [1.165, 1.54) is 4.31 Å². The predicted molar refractivity (Wildman–Crippen MR) is 88.2 cm³/mol. The van der Waals surface area contributed by atoms with Crippen molar-refractivity contribution >= 4 is 10.0 Å². The smallest absolute Gasteiger partial charge is 0.246 e. The maximum absolute atomic E-state index is 13.0. The van der Waals surface area contributed by atoms with E-state index in [1.54, 1.807) is 19.2 Å². The van der Waals surface area contributed by atoms with Gasteiger partial charge in [-0.3, -0.25) is 0 Å². The van der Waals surface area contributed by atoms with Crippen molar-refractivity contribution in [2.45, 2.75) is 43.6 Å². The van der Waals surface area contributed by atoms with Gasteiger partial charge in [0.1, 0.15) is 16.2 Å². The highest BCUT2D eigenvalue weighted by molar-refractivity contribution is 7.89. The molecule has 0 amide bonds. The highest BCUT2D eigenvalue weighted by atomic mass is 32.2. The van der Waals surface area contributed by atoms with Crippen molar-refractivity contribution < 1.29 is 17.9 Å². The lowest BCUT2D eigenvalue weighted by Crippen LogP contribution is -2.35. The van der Waals surface area contributed by atoms with Crippen LogP contribution in [0.3, 0.4) is 0 Å². The van der Waals surface area contributed by atoms with Gasteiger partial charge in [-0.15, -0.1) is 0 Å². The number of rotatable bonds is 4. The first kappa shape index (κ1) is 16.7. The summed E-state index contributed by atoms with van der Waals surface area (Å²) in [5.74, 6) is 0.780. The van der Waals surface area contributed by atoms with Gasteiger partial charge < -0.3 is 9.47 Å². The van der Waals surface area contributed by atoms with Gasteiger partial charge in [-0.25, -0.2) is 12.7 Å². The Morgan fingerprint density at radius 2 is 2.13 bits per heavy atom. The maximum Gasteiger partial charge on any atom is 0.246 e. The first-order chi connectivity index (χ1) is 10.8. The molecule has 0 saturated carbocycles. The van der Waals surface area contributed by atoms with Crippen LogP contribution in [0.4, 0.5) is 0 Å². The number of sulfonamides is 1. The summed E-state index contributed by atoms with van der Waals surface area (Å²) in [5.41, 5.74) is 0.606. The van der Waals surface area contributed by atoms with E-state index in [0.717, 1.165) is 31.4 Å². The zero-order valence-electron chi connectivity index (χ0n) is 14.0. The maximum atomic E-state index is 13.0. The molecule has 2 aliphatic rings. The highest BCUT2D eigenvalue weighted by Crippen LogP contribution is 2.40. The van der Waals surface area contributed by atoms with Crippen LogP contribution in [0.15, 0.2) is 23.1 Å². The van der Waals surface area contributed by atoms with Gasteiger partial charge in [-0.1, -0.05) is 12.1 Å². The third-order valence-corrected chi connectivity index (χ3v) is 6.36. The fourth-order valence-electron chi connectivity index (χ4n) is 3.37. The molecule has 0 radical (unpaired) electrons. The highest BCUT2D eigenvalue weighted by Gasteiger charge is 2.36. The number of hydrogen-bond donors (Lipinski definition) is 0. The average molecular weight is 339 g/mol. The van der Waals surface area contributed by atoms with E-state index in [0.29, 0.717) is 18.9 Å². The first-order valence-corrected chi connectivity index (χ1v) is 9.59. The third kappa shape index (κ3) is 3.39. The monoisotopic (exact) mass is 339 g/mol. The molecule has 2 heterocycles. The summed E-state index contributed by atoms with van der Waals surface area (Å²) in [6.07, 6.45) is 2.73. The van der Waals surface area contributed by atoms with Crippen LogP contribution in [0.2, 0.25) is 0 Å². The van der Waals surface area contributed by atoms with Crippen molar-refractivity contribution in [1.29, 1.82) is 0 Å². The predicted octanol–water partition coefficient (Wildman–Crippen LogP) is 2.45. The molecule has 0 aromatic heterocycles.